The van der Waals surface area contributed by atoms with Gasteiger partial charge in [-0.25, -0.2) is 13.1 Å². The van der Waals surface area contributed by atoms with Crippen LogP contribution in [0.4, 0.5) is 0 Å². The molecule has 0 saturated heterocycles. The van der Waals surface area contributed by atoms with E-state index in [-0.39, 0.29) is 0 Å². The lowest BCUT2D eigenvalue weighted by molar-refractivity contribution is 0.586. The number of hydrogen-bond donors (Lipinski definition) is 1. The van der Waals surface area contributed by atoms with Crippen molar-refractivity contribution >= 4 is 33.0 Å². The number of sulfonamides is 1. The number of alkyl halides is 1. The van der Waals surface area contributed by atoms with E-state index in [0.717, 1.165) is 10.4 Å². The Kier molecular flexibility index (Phi) is 3.94. The maximum Gasteiger partial charge on any atom is 0.250 e. The van der Waals surface area contributed by atoms with Gasteiger partial charge in [-0.1, -0.05) is 6.92 Å². The van der Waals surface area contributed by atoms with E-state index < -0.39 is 10.0 Å². The van der Waals surface area contributed by atoms with E-state index >= 15 is 0 Å². The summed E-state index contributed by atoms with van der Waals surface area (Å²) in [4.78, 5) is 0.906. The molecule has 0 bridgehead atoms. The van der Waals surface area contributed by atoms with Crippen LogP contribution in [0.1, 0.15) is 17.4 Å². The van der Waals surface area contributed by atoms with Gasteiger partial charge in [0.15, 0.2) is 0 Å². The first-order valence-electron chi connectivity index (χ1n) is 4.16. The molecule has 0 aromatic carbocycles. The number of aryl methyl sites for hydroxylation is 1. The number of halogens is 1. The number of hydrogen-bond acceptors (Lipinski definition) is 3. The van der Waals surface area contributed by atoms with Crippen LogP contribution in [-0.2, 0) is 15.9 Å². The van der Waals surface area contributed by atoms with Crippen molar-refractivity contribution in [2.45, 2.75) is 23.9 Å². The number of thiophene rings is 1. The first kappa shape index (κ1) is 12.0. The summed E-state index contributed by atoms with van der Waals surface area (Å²) >= 11 is 6.89. The van der Waals surface area contributed by atoms with Crippen LogP contribution in [-0.4, -0.2) is 15.0 Å². The van der Waals surface area contributed by atoms with Crippen molar-refractivity contribution in [1.82, 2.24) is 4.72 Å². The summed E-state index contributed by atoms with van der Waals surface area (Å²) in [5.74, 6) is 0.359. The minimum Gasteiger partial charge on any atom is -0.211 e. The molecule has 0 fully saturated rings. The van der Waals surface area contributed by atoms with E-state index in [4.69, 9.17) is 11.6 Å². The highest BCUT2D eigenvalue weighted by atomic mass is 35.5. The summed E-state index contributed by atoms with van der Waals surface area (Å²) in [6, 6.07) is 1.65. The summed E-state index contributed by atoms with van der Waals surface area (Å²) in [6.07, 6.45) is 0. The maximum atomic E-state index is 11.6. The number of nitrogens with one attached hydrogen (secondary N) is 1. The Labute approximate surface area is 93.1 Å². The molecule has 1 N–H and O–H groups in total. The molecule has 0 unspecified atom stereocenters. The Morgan fingerprint density at radius 2 is 2.21 bits per heavy atom. The lowest BCUT2D eigenvalue weighted by Crippen LogP contribution is -2.22. The zero-order valence-corrected chi connectivity index (χ0v) is 10.4. The molecule has 0 saturated carbocycles. The molecule has 1 rings (SSSR count). The largest absolute Gasteiger partial charge is 0.250 e. The van der Waals surface area contributed by atoms with E-state index in [2.05, 4.69) is 4.72 Å². The molecule has 0 spiro atoms. The van der Waals surface area contributed by atoms with Gasteiger partial charge in [0.2, 0.25) is 10.0 Å². The van der Waals surface area contributed by atoms with Gasteiger partial charge in [0.25, 0.3) is 0 Å². The molecule has 1 heterocycles. The quantitative estimate of drug-likeness (QED) is 0.836. The monoisotopic (exact) mass is 253 g/mol. The van der Waals surface area contributed by atoms with E-state index in [1.807, 2.05) is 6.92 Å². The summed E-state index contributed by atoms with van der Waals surface area (Å²) in [6.45, 7) is 4.01. The predicted molar refractivity (Wildman–Crippen MR) is 59.5 cm³/mol. The smallest absolute Gasteiger partial charge is 0.211 e. The Morgan fingerprint density at radius 3 is 2.64 bits per heavy atom. The zero-order valence-electron chi connectivity index (χ0n) is 8.00. The lowest BCUT2D eigenvalue weighted by Gasteiger charge is -1.99. The van der Waals surface area contributed by atoms with Crippen molar-refractivity contribution in [1.29, 1.82) is 0 Å². The van der Waals surface area contributed by atoms with Crippen molar-refractivity contribution < 1.29 is 8.42 Å². The molecule has 1 aromatic heterocycles. The third kappa shape index (κ3) is 2.48. The Balaban J connectivity index is 3.08. The summed E-state index contributed by atoms with van der Waals surface area (Å²) in [7, 11) is -3.31. The van der Waals surface area contributed by atoms with Crippen molar-refractivity contribution in [3.63, 3.8) is 0 Å². The molecule has 0 radical (unpaired) electrons. The Bertz CT molecular complexity index is 411. The van der Waals surface area contributed by atoms with E-state index in [1.54, 1.807) is 13.0 Å². The second-order valence-electron chi connectivity index (χ2n) is 2.81. The van der Waals surface area contributed by atoms with Gasteiger partial charge in [0.05, 0.1) is 5.88 Å². The van der Waals surface area contributed by atoms with Gasteiger partial charge in [-0.05, 0) is 18.6 Å². The molecule has 0 atom stereocenters. The third-order valence-electron chi connectivity index (χ3n) is 1.72. The molecule has 0 aliphatic heterocycles. The van der Waals surface area contributed by atoms with Crippen molar-refractivity contribution in [3.8, 4) is 0 Å². The van der Waals surface area contributed by atoms with Gasteiger partial charge in [-0.3, -0.25) is 0 Å². The molecule has 0 amide bonds. The first-order valence-corrected chi connectivity index (χ1v) is 6.99. The average molecular weight is 254 g/mol. The Morgan fingerprint density at radius 1 is 1.57 bits per heavy atom. The van der Waals surface area contributed by atoms with Crippen LogP contribution >= 0.6 is 22.9 Å². The minimum atomic E-state index is -3.31. The molecule has 80 valence electrons. The Hall–Kier alpha value is -0.100. The molecule has 0 aliphatic carbocycles. The minimum absolute atomic E-state index is 0.340. The fourth-order valence-electron chi connectivity index (χ4n) is 1.01. The van der Waals surface area contributed by atoms with Crippen LogP contribution in [0.15, 0.2) is 10.3 Å². The normalized spacial score (nSPS) is 11.9. The van der Waals surface area contributed by atoms with Gasteiger partial charge in [-0.15, -0.1) is 22.9 Å². The van der Waals surface area contributed by atoms with Crippen molar-refractivity contribution in [3.05, 3.63) is 16.5 Å². The fourth-order valence-corrected chi connectivity index (χ4v) is 3.91. The topological polar surface area (TPSA) is 46.2 Å². The van der Waals surface area contributed by atoms with Crippen LogP contribution in [0.25, 0.3) is 0 Å². The summed E-state index contributed by atoms with van der Waals surface area (Å²) < 4.78 is 25.9. The van der Waals surface area contributed by atoms with Crippen molar-refractivity contribution in [2.24, 2.45) is 0 Å². The summed E-state index contributed by atoms with van der Waals surface area (Å²) in [5.41, 5.74) is 0.932. The van der Waals surface area contributed by atoms with Gasteiger partial charge >= 0.3 is 0 Å². The van der Waals surface area contributed by atoms with Gasteiger partial charge in [0, 0.05) is 11.4 Å². The van der Waals surface area contributed by atoms with Crippen molar-refractivity contribution in [2.75, 3.05) is 6.54 Å². The SMILES string of the molecule is CCNS(=O)(=O)c1cc(C)c(CCl)s1. The van der Waals surface area contributed by atoms with E-state index in [9.17, 15) is 8.42 Å². The van der Waals surface area contributed by atoms with E-state index in [1.165, 1.54) is 11.3 Å². The molecule has 14 heavy (non-hydrogen) atoms. The third-order valence-corrected chi connectivity index (χ3v) is 5.40. The van der Waals surface area contributed by atoms with Crippen LogP contribution in [0.5, 0.6) is 0 Å². The van der Waals surface area contributed by atoms with Gasteiger partial charge < -0.3 is 0 Å². The second-order valence-corrected chi connectivity index (χ2v) is 6.20. The van der Waals surface area contributed by atoms with Gasteiger partial charge in [-0.2, -0.15) is 0 Å². The van der Waals surface area contributed by atoms with Crippen LogP contribution in [0.3, 0.4) is 0 Å². The second kappa shape index (κ2) is 4.61. The van der Waals surface area contributed by atoms with Crippen LogP contribution in [0.2, 0.25) is 0 Å². The zero-order chi connectivity index (χ0) is 10.8. The standard InChI is InChI=1S/C8H12ClNO2S2/c1-3-10-14(11,12)8-4-6(2)7(5-9)13-8/h4,10H,3,5H2,1-2H3. The first-order chi connectivity index (χ1) is 6.51. The predicted octanol–water partition coefficient (Wildman–Crippen LogP) is 2.09. The van der Waals surface area contributed by atoms with Crippen LogP contribution in [0, 0.1) is 6.92 Å². The lowest BCUT2D eigenvalue weighted by atomic mass is 10.3. The maximum absolute atomic E-state index is 11.6. The molecular weight excluding hydrogens is 242 g/mol. The number of rotatable bonds is 4. The highest BCUT2D eigenvalue weighted by Gasteiger charge is 2.17. The van der Waals surface area contributed by atoms with E-state index in [0.29, 0.717) is 16.6 Å². The fraction of sp³-hybridized carbons (Fsp3) is 0.500. The average Bonchev–Trinajstić information content (AvgIpc) is 2.47. The molecular formula is C8H12ClNO2S2. The molecule has 1 aromatic rings. The highest BCUT2D eigenvalue weighted by molar-refractivity contribution is 7.91. The van der Waals surface area contributed by atoms with Crippen LogP contribution < -0.4 is 4.72 Å². The molecule has 6 heteroatoms. The highest BCUT2D eigenvalue weighted by Crippen LogP contribution is 2.26. The molecule has 3 nitrogen and oxygen atoms in total. The summed E-state index contributed by atoms with van der Waals surface area (Å²) in [5, 5.41) is 0. The van der Waals surface area contributed by atoms with Gasteiger partial charge in [0.1, 0.15) is 4.21 Å². The molecule has 0 aliphatic rings.